The van der Waals surface area contributed by atoms with Crippen LogP contribution in [0.3, 0.4) is 0 Å². The van der Waals surface area contributed by atoms with Gasteiger partial charge in [0, 0.05) is 43.4 Å². The smallest absolute Gasteiger partial charge is 0.255 e. The first-order chi connectivity index (χ1) is 21.7. The van der Waals surface area contributed by atoms with Gasteiger partial charge in [-0.25, -0.2) is 17.2 Å². The first-order valence-corrected chi connectivity index (χ1v) is 16.7. The highest BCUT2D eigenvalue weighted by atomic mass is 32.2. The number of amides is 1. The number of carbonyl (C=O) groups excluding carboxylic acids is 1. The van der Waals surface area contributed by atoms with Gasteiger partial charge in [-0.15, -0.1) is 0 Å². The van der Waals surface area contributed by atoms with Crippen LogP contribution in [-0.4, -0.2) is 74.3 Å². The van der Waals surface area contributed by atoms with Crippen LogP contribution in [0.25, 0.3) is 10.9 Å². The maximum Gasteiger partial charge on any atom is 0.255 e. The van der Waals surface area contributed by atoms with Gasteiger partial charge < -0.3 is 15.4 Å². The Labute approximate surface area is 260 Å². The second kappa shape index (κ2) is 13.1. The highest BCUT2D eigenvalue weighted by Crippen LogP contribution is 2.27. The highest BCUT2D eigenvalue weighted by molar-refractivity contribution is 7.91. The van der Waals surface area contributed by atoms with Gasteiger partial charge in [0.2, 0.25) is 9.84 Å². The minimum atomic E-state index is -4.19. The van der Waals surface area contributed by atoms with Crippen molar-refractivity contribution in [2.75, 3.05) is 43.1 Å². The number of sulfone groups is 1. The predicted molar refractivity (Wildman–Crippen MR) is 166 cm³/mol. The summed E-state index contributed by atoms with van der Waals surface area (Å²) in [6, 6.07) is 14.1. The van der Waals surface area contributed by atoms with Gasteiger partial charge >= 0.3 is 0 Å². The van der Waals surface area contributed by atoms with Crippen LogP contribution >= 0.6 is 0 Å². The molecule has 1 aromatic heterocycles. The lowest BCUT2D eigenvalue weighted by Gasteiger charge is -2.34. The third-order valence-electron chi connectivity index (χ3n) is 8.29. The Bertz CT molecular complexity index is 1770. The molecule has 3 heterocycles. The molecule has 2 N–H and O–H groups in total. The number of likely N-dealkylation sites (N-methyl/N-ethyl adjacent to an activating group) is 1. The van der Waals surface area contributed by atoms with Crippen LogP contribution in [-0.2, 0) is 14.6 Å². The molecule has 4 aromatic rings. The van der Waals surface area contributed by atoms with E-state index in [2.05, 4.69) is 27.6 Å². The fraction of sp³-hybridized carbons (Fsp3) is 0.375. The monoisotopic (exact) mass is 638 g/mol. The van der Waals surface area contributed by atoms with Crippen LogP contribution in [0.4, 0.5) is 14.5 Å². The maximum atomic E-state index is 13.8. The second-order valence-corrected chi connectivity index (χ2v) is 13.3. The van der Waals surface area contributed by atoms with Gasteiger partial charge in [-0.1, -0.05) is 19.1 Å². The Morgan fingerprint density at radius 1 is 1.00 bits per heavy atom. The van der Waals surface area contributed by atoms with E-state index in [4.69, 9.17) is 4.74 Å². The largest absolute Gasteiger partial charge is 0.359 e. The number of anilines is 1. The van der Waals surface area contributed by atoms with Gasteiger partial charge in [-0.2, -0.15) is 9.89 Å². The number of nitrogens with one attached hydrogen (secondary N) is 2. The van der Waals surface area contributed by atoms with Crippen molar-refractivity contribution in [2.45, 2.75) is 54.8 Å². The second-order valence-electron chi connectivity index (χ2n) is 11.3. The van der Waals surface area contributed by atoms with Crippen molar-refractivity contribution in [1.29, 1.82) is 0 Å². The summed E-state index contributed by atoms with van der Waals surface area (Å²) in [6.45, 7) is 5.53. The average Bonchev–Trinajstić information content (AvgIpc) is 3.34. The van der Waals surface area contributed by atoms with Gasteiger partial charge in [0.05, 0.1) is 27.1 Å². The lowest BCUT2D eigenvalue weighted by Crippen LogP contribution is -2.57. The minimum absolute atomic E-state index is 0.108. The number of benzene rings is 3. The molecule has 0 saturated carbocycles. The fourth-order valence-electron chi connectivity index (χ4n) is 5.93. The van der Waals surface area contributed by atoms with E-state index in [9.17, 15) is 22.0 Å². The molecule has 13 heteroatoms. The number of halogens is 2. The summed E-state index contributed by atoms with van der Waals surface area (Å²) in [5, 5.41) is 13.7. The molecular weight excluding hydrogens is 602 g/mol. The van der Waals surface area contributed by atoms with Crippen molar-refractivity contribution in [2.24, 2.45) is 0 Å². The van der Waals surface area contributed by atoms with Crippen molar-refractivity contribution in [3.8, 4) is 0 Å². The van der Waals surface area contributed by atoms with Crippen LogP contribution < -0.4 is 15.6 Å². The van der Waals surface area contributed by atoms with E-state index >= 15 is 0 Å². The van der Waals surface area contributed by atoms with Crippen molar-refractivity contribution in [3.05, 3.63) is 84.1 Å². The molecule has 238 valence electrons. The van der Waals surface area contributed by atoms with E-state index in [1.807, 2.05) is 23.2 Å². The first-order valence-electron chi connectivity index (χ1n) is 15.2. The van der Waals surface area contributed by atoms with E-state index in [-0.39, 0.29) is 17.0 Å². The molecule has 2 saturated heterocycles. The standard InChI is InChI=1S/C32H36F2N6O4S/c1-2-38-13-7-14-39(30(21-38)37-32(41)27-8-3-4-9-28(27)36-31-10-5-6-15-44-31)40-29-12-11-25(16-22(29)20-35-40)45(42,43)26-18-23(33)17-24(34)19-26/h3-4,8-9,11-12,16-20,30-31,36H,2,5-7,10,13-15,21H2,1H3,(H,37,41). The van der Waals surface area contributed by atoms with Crippen molar-refractivity contribution < 1.29 is 26.7 Å². The zero-order valence-corrected chi connectivity index (χ0v) is 25.8. The SMILES string of the molecule is CCN1CCCN(n2ncc3cc(S(=O)(=O)c4cc(F)cc(F)c4)ccc32)C(NC(=O)c2ccccc2NC2CCCCO2)C1. The van der Waals surface area contributed by atoms with Gasteiger partial charge in [0.1, 0.15) is 24.0 Å². The Kier molecular flexibility index (Phi) is 9.02. The number of rotatable bonds is 8. The lowest BCUT2D eigenvalue weighted by atomic mass is 10.1. The van der Waals surface area contributed by atoms with Crippen LogP contribution in [0.1, 0.15) is 43.0 Å². The molecule has 0 bridgehead atoms. The summed E-state index contributed by atoms with van der Waals surface area (Å²) >= 11 is 0. The molecule has 2 atom stereocenters. The van der Waals surface area contributed by atoms with Crippen LogP contribution in [0.2, 0.25) is 0 Å². The fourth-order valence-corrected chi connectivity index (χ4v) is 7.27. The molecule has 0 radical (unpaired) electrons. The van der Waals surface area contributed by atoms with E-state index in [1.54, 1.807) is 23.1 Å². The summed E-state index contributed by atoms with van der Waals surface area (Å²) in [5.41, 5.74) is 1.83. The molecule has 0 aliphatic carbocycles. The Morgan fingerprint density at radius 3 is 2.56 bits per heavy atom. The Morgan fingerprint density at radius 2 is 1.80 bits per heavy atom. The lowest BCUT2D eigenvalue weighted by molar-refractivity contribution is 0.0343. The number of fused-ring (bicyclic) bond motifs is 1. The number of carbonyl (C=O) groups is 1. The molecular formula is C32H36F2N6O4S. The highest BCUT2D eigenvalue weighted by Gasteiger charge is 2.29. The van der Waals surface area contributed by atoms with Crippen molar-refractivity contribution in [1.82, 2.24) is 20.1 Å². The van der Waals surface area contributed by atoms with E-state index in [1.165, 1.54) is 12.1 Å². The molecule has 1 amide bonds. The van der Waals surface area contributed by atoms with Crippen molar-refractivity contribution >= 4 is 32.3 Å². The number of ether oxygens (including phenoxy) is 1. The summed E-state index contributed by atoms with van der Waals surface area (Å²) in [6.07, 6.45) is 4.71. The molecule has 2 fully saturated rings. The average molecular weight is 639 g/mol. The zero-order chi connectivity index (χ0) is 31.6. The van der Waals surface area contributed by atoms with Crippen LogP contribution in [0.15, 0.2) is 76.7 Å². The van der Waals surface area contributed by atoms with Gasteiger partial charge in [0.25, 0.3) is 5.91 Å². The topological polar surface area (TPSA) is 109 Å². The molecule has 3 aromatic carbocycles. The minimum Gasteiger partial charge on any atom is -0.359 e. The number of hydrogen-bond acceptors (Lipinski definition) is 8. The van der Waals surface area contributed by atoms with Gasteiger partial charge in [-0.3, -0.25) is 14.7 Å². The molecule has 2 unspecified atom stereocenters. The number of aromatic nitrogens is 2. The van der Waals surface area contributed by atoms with E-state index in [0.29, 0.717) is 47.9 Å². The molecule has 0 spiro atoms. The zero-order valence-electron chi connectivity index (χ0n) is 25.0. The number of nitrogens with zero attached hydrogens (tertiary/aromatic N) is 4. The van der Waals surface area contributed by atoms with Gasteiger partial charge in [0.15, 0.2) is 0 Å². The summed E-state index contributed by atoms with van der Waals surface area (Å²) < 4.78 is 59.9. The Balaban J connectivity index is 1.29. The normalized spacial score (nSPS) is 19.8. The molecule has 2 aliphatic rings. The van der Waals surface area contributed by atoms with E-state index in [0.717, 1.165) is 50.9 Å². The quantitative estimate of drug-likeness (QED) is 0.291. The first kappa shape index (κ1) is 30.9. The van der Waals surface area contributed by atoms with Crippen LogP contribution in [0, 0.1) is 11.6 Å². The molecule has 2 aliphatic heterocycles. The predicted octanol–water partition coefficient (Wildman–Crippen LogP) is 4.51. The van der Waals surface area contributed by atoms with Crippen molar-refractivity contribution in [3.63, 3.8) is 0 Å². The molecule has 10 nitrogen and oxygen atoms in total. The molecule has 6 rings (SSSR count). The van der Waals surface area contributed by atoms with Crippen LogP contribution in [0.5, 0.6) is 0 Å². The summed E-state index contributed by atoms with van der Waals surface area (Å²) in [4.78, 5) is 17.2. The summed E-state index contributed by atoms with van der Waals surface area (Å²) in [5.74, 6) is -2.19. The number of hydrogen-bond donors (Lipinski definition) is 2. The Hall–Kier alpha value is -4.07. The maximum absolute atomic E-state index is 13.8. The van der Waals surface area contributed by atoms with E-state index < -0.39 is 32.5 Å². The third kappa shape index (κ3) is 6.65. The summed E-state index contributed by atoms with van der Waals surface area (Å²) in [7, 11) is -4.19. The molecule has 45 heavy (non-hydrogen) atoms. The van der Waals surface area contributed by atoms with Gasteiger partial charge in [-0.05, 0) is 74.7 Å². The third-order valence-corrected chi connectivity index (χ3v) is 10.0. The number of para-hydroxylation sites is 1.